The Kier molecular flexibility index (Phi) is 6.74. The molecule has 0 radical (unpaired) electrons. The van der Waals surface area contributed by atoms with Gasteiger partial charge in [0.2, 0.25) is 5.88 Å². The molecule has 1 aromatic heterocycles. The molecule has 0 bridgehead atoms. The molecule has 0 spiro atoms. The Morgan fingerprint density at radius 3 is 2.59 bits per heavy atom. The molecule has 3 aromatic rings. The van der Waals surface area contributed by atoms with Crippen molar-refractivity contribution in [2.24, 2.45) is 0 Å². The van der Waals surface area contributed by atoms with Gasteiger partial charge in [-0.05, 0) is 44.5 Å². The highest BCUT2D eigenvalue weighted by Crippen LogP contribution is 2.43. The molecule has 2 aromatic carbocycles. The molecule has 8 nitrogen and oxygen atoms in total. The number of aliphatic hydroxyl groups is 1. The fraction of sp³-hybridized carbons (Fsp3) is 0.286. The Bertz CT molecular complexity index is 1390. The van der Waals surface area contributed by atoms with Crippen molar-refractivity contribution in [1.82, 2.24) is 9.71 Å². The number of benzene rings is 2. The smallest absolute Gasteiger partial charge is 0.257 e. The summed E-state index contributed by atoms with van der Waals surface area (Å²) in [6, 6.07) is 16.9. The standard InChI is InChI=1S/C28H28N2O6S/c1-17-20(11-12-26(29-17)34-14-13-28(2,3)32)21-5-4-6-22-23(16-35-27(21)22)36-19-9-7-18(8-10-19)24-15-25(31)30-37(24)33/h4-12,15,23,32H,13-14,16H2,1-3H3,(H,30,31). The van der Waals surface area contributed by atoms with Crippen LogP contribution in [0.2, 0.25) is 0 Å². The van der Waals surface area contributed by atoms with Gasteiger partial charge in [-0.15, -0.1) is 0 Å². The van der Waals surface area contributed by atoms with E-state index in [4.69, 9.17) is 14.2 Å². The van der Waals surface area contributed by atoms with Crippen LogP contribution in [-0.4, -0.2) is 39.0 Å². The van der Waals surface area contributed by atoms with Crippen LogP contribution in [0.3, 0.4) is 0 Å². The van der Waals surface area contributed by atoms with Gasteiger partial charge in [0.1, 0.15) is 18.1 Å². The van der Waals surface area contributed by atoms with E-state index in [0.29, 0.717) is 41.7 Å². The maximum atomic E-state index is 12.0. The number of aryl methyl sites for hydroxylation is 1. The second kappa shape index (κ2) is 9.99. The summed E-state index contributed by atoms with van der Waals surface area (Å²) in [5.41, 5.74) is 3.54. The molecule has 2 aliphatic heterocycles. The van der Waals surface area contributed by atoms with E-state index in [9.17, 15) is 14.1 Å². The second-order valence-corrected chi connectivity index (χ2v) is 10.8. The van der Waals surface area contributed by atoms with Crippen molar-refractivity contribution in [2.75, 3.05) is 13.2 Å². The fourth-order valence-corrected chi connectivity index (χ4v) is 5.15. The molecule has 192 valence electrons. The third kappa shape index (κ3) is 5.52. The summed E-state index contributed by atoms with van der Waals surface area (Å²) in [4.78, 5) is 16.5. The molecule has 0 saturated carbocycles. The molecule has 5 rings (SSSR count). The number of ether oxygens (including phenoxy) is 3. The summed E-state index contributed by atoms with van der Waals surface area (Å²) in [7, 11) is -1.53. The number of carbonyl (C=O) groups is 1. The average molecular weight is 521 g/mol. The molecule has 2 aliphatic rings. The van der Waals surface area contributed by atoms with Gasteiger partial charge in [-0.1, -0.05) is 30.3 Å². The fourth-order valence-electron chi connectivity index (χ4n) is 4.24. The Hall–Kier alpha value is -3.69. The number of rotatable bonds is 8. The lowest BCUT2D eigenvalue weighted by molar-refractivity contribution is -0.114. The van der Waals surface area contributed by atoms with Crippen LogP contribution in [-0.2, 0) is 15.8 Å². The van der Waals surface area contributed by atoms with Crippen LogP contribution < -0.4 is 18.9 Å². The molecular weight excluding hydrogens is 492 g/mol. The number of nitrogens with one attached hydrogen (secondary N) is 1. The Labute approximate surface area is 217 Å². The van der Waals surface area contributed by atoms with Gasteiger partial charge in [-0.25, -0.2) is 9.19 Å². The van der Waals surface area contributed by atoms with Gasteiger partial charge in [-0.3, -0.25) is 9.52 Å². The molecule has 37 heavy (non-hydrogen) atoms. The third-order valence-corrected chi connectivity index (χ3v) is 7.30. The lowest BCUT2D eigenvalue weighted by Crippen LogP contribution is -2.22. The molecule has 1 amide bonds. The number of hydrogen-bond acceptors (Lipinski definition) is 7. The van der Waals surface area contributed by atoms with E-state index < -0.39 is 16.6 Å². The van der Waals surface area contributed by atoms with Crippen molar-refractivity contribution in [3.05, 3.63) is 77.5 Å². The first-order valence-electron chi connectivity index (χ1n) is 12.0. The zero-order valence-electron chi connectivity index (χ0n) is 20.8. The van der Waals surface area contributed by atoms with E-state index in [-0.39, 0.29) is 12.0 Å². The Morgan fingerprint density at radius 1 is 1.14 bits per heavy atom. The molecule has 0 saturated heterocycles. The lowest BCUT2D eigenvalue weighted by Gasteiger charge is -2.17. The minimum atomic E-state index is -1.53. The van der Waals surface area contributed by atoms with Gasteiger partial charge < -0.3 is 19.3 Å². The molecule has 2 unspecified atom stereocenters. The van der Waals surface area contributed by atoms with Crippen molar-refractivity contribution in [2.45, 2.75) is 38.9 Å². The minimum absolute atomic E-state index is 0.290. The largest absolute Gasteiger partial charge is 0.488 e. The van der Waals surface area contributed by atoms with Crippen molar-refractivity contribution < 1.29 is 28.3 Å². The predicted octanol–water partition coefficient (Wildman–Crippen LogP) is 4.24. The average Bonchev–Trinajstić information content (AvgIpc) is 3.41. The molecule has 0 aliphatic carbocycles. The van der Waals surface area contributed by atoms with Gasteiger partial charge in [-0.2, -0.15) is 0 Å². The topological polar surface area (TPSA) is 107 Å². The van der Waals surface area contributed by atoms with E-state index in [1.165, 1.54) is 6.08 Å². The maximum Gasteiger partial charge on any atom is 0.257 e. The molecule has 2 N–H and O–H groups in total. The van der Waals surface area contributed by atoms with Gasteiger partial charge in [0, 0.05) is 40.9 Å². The van der Waals surface area contributed by atoms with Gasteiger partial charge in [0.05, 0.1) is 17.1 Å². The predicted molar refractivity (Wildman–Crippen MR) is 140 cm³/mol. The number of aromatic nitrogens is 1. The quantitative estimate of drug-likeness (QED) is 0.457. The highest BCUT2D eigenvalue weighted by molar-refractivity contribution is 7.93. The van der Waals surface area contributed by atoms with Gasteiger partial charge in [0.15, 0.2) is 17.1 Å². The molecule has 3 heterocycles. The van der Waals surface area contributed by atoms with Crippen LogP contribution in [0.4, 0.5) is 0 Å². The first kappa shape index (κ1) is 25.0. The SMILES string of the molecule is Cc1nc(OCCC(C)(C)O)ccc1-c1cccc2c1OCC2Oc1ccc(C2=CC(=O)NS2=O)cc1. The summed E-state index contributed by atoms with van der Waals surface area (Å²) in [6.45, 7) is 6.17. The lowest BCUT2D eigenvalue weighted by atomic mass is 9.99. The number of amides is 1. The zero-order valence-corrected chi connectivity index (χ0v) is 21.6. The summed E-state index contributed by atoms with van der Waals surface area (Å²) in [6.07, 6.45) is 1.56. The minimum Gasteiger partial charge on any atom is -0.488 e. The zero-order chi connectivity index (χ0) is 26.2. The summed E-state index contributed by atoms with van der Waals surface area (Å²) < 4.78 is 32.4. The number of pyridine rings is 1. The van der Waals surface area contributed by atoms with Gasteiger partial charge in [0.25, 0.3) is 5.91 Å². The second-order valence-electron chi connectivity index (χ2n) is 9.60. The van der Waals surface area contributed by atoms with Crippen LogP contribution in [0.25, 0.3) is 16.0 Å². The monoisotopic (exact) mass is 520 g/mol. The van der Waals surface area contributed by atoms with E-state index in [0.717, 1.165) is 28.1 Å². The first-order chi connectivity index (χ1) is 17.7. The first-order valence-corrected chi connectivity index (χ1v) is 13.1. The molecular formula is C28H28N2O6S. The van der Waals surface area contributed by atoms with Crippen molar-refractivity contribution in [3.8, 4) is 28.5 Å². The number of carbonyl (C=O) groups excluding carboxylic acids is 1. The van der Waals surface area contributed by atoms with Crippen molar-refractivity contribution >= 4 is 21.8 Å². The Balaban J connectivity index is 1.31. The number of nitrogens with zero attached hydrogens (tertiary/aromatic N) is 1. The molecule has 2 atom stereocenters. The van der Waals surface area contributed by atoms with Crippen LogP contribution >= 0.6 is 0 Å². The van der Waals surface area contributed by atoms with Gasteiger partial charge >= 0.3 is 0 Å². The van der Waals surface area contributed by atoms with Crippen LogP contribution in [0.15, 0.2) is 60.7 Å². The third-order valence-electron chi connectivity index (χ3n) is 6.16. The maximum absolute atomic E-state index is 12.0. The summed E-state index contributed by atoms with van der Waals surface area (Å²) in [5, 5.41) is 9.87. The Morgan fingerprint density at radius 2 is 1.92 bits per heavy atom. The van der Waals surface area contributed by atoms with Crippen molar-refractivity contribution in [3.63, 3.8) is 0 Å². The van der Waals surface area contributed by atoms with Crippen LogP contribution in [0, 0.1) is 6.92 Å². The van der Waals surface area contributed by atoms with Crippen LogP contribution in [0.1, 0.15) is 43.2 Å². The van der Waals surface area contributed by atoms with E-state index >= 15 is 0 Å². The molecule has 0 fully saturated rings. The van der Waals surface area contributed by atoms with E-state index in [1.807, 2.05) is 37.3 Å². The van der Waals surface area contributed by atoms with E-state index in [2.05, 4.69) is 9.71 Å². The summed E-state index contributed by atoms with van der Waals surface area (Å²) >= 11 is 0. The van der Waals surface area contributed by atoms with E-state index in [1.54, 1.807) is 38.1 Å². The number of para-hydroxylation sites is 1. The normalized spacial score (nSPS) is 18.6. The van der Waals surface area contributed by atoms with Crippen LogP contribution in [0.5, 0.6) is 17.4 Å². The summed E-state index contributed by atoms with van der Waals surface area (Å²) in [5.74, 6) is 1.56. The highest BCUT2D eigenvalue weighted by Gasteiger charge is 2.29. The number of hydrogen-bond donors (Lipinski definition) is 2. The molecule has 9 heteroatoms. The van der Waals surface area contributed by atoms with Crippen molar-refractivity contribution in [1.29, 1.82) is 0 Å². The highest BCUT2D eigenvalue weighted by atomic mass is 32.2. The number of fused-ring (bicyclic) bond motifs is 1.